The fraction of sp³-hybridized carbons (Fsp3) is 0.652. The Morgan fingerprint density at radius 3 is 2.27 bits per heavy atom. The molecule has 0 saturated carbocycles. The van der Waals surface area contributed by atoms with E-state index in [0.717, 1.165) is 11.8 Å². The second-order valence-corrected chi connectivity index (χ2v) is 11.1. The lowest BCUT2D eigenvalue weighted by Gasteiger charge is -2.42. The third kappa shape index (κ3) is 11.6. The number of amides is 2. The fourth-order valence-corrected chi connectivity index (χ4v) is 5.12. The summed E-state index contributed by atoms with van der Waals surface area (Å²) < 4.78 is 16.9. The van der Waals surface area contributed by atoms with Gasteiger partial charge < -0.3 is 46.0 Å². The van der Waals surface area contributed by atoms with Gasteiger partial charge in [0.25, 0.3) is 0 Å². The second kappa shape index (κ2) is 17.4. The minimum Gasteiger partial charge on any atom is -0.480 e. The zero-order valence-corrected chi connectivity index (χ0v) is 23.6. The fourth-order valence-electron chi connectivity index (χ4n) is 3.42. The number of aliphatic carboxylic acids is 2. The van der Waals surface area contributed by atoms with Crippen LogP contribution in [0.25, 0.3) is 0 Å². The molecular weight excluding hydrogens is 574 g/mol. The van der Waals surface area contributed by atoms with E-state index < -0.39 is 96.3 Å². The Morgan fingerprint density at radius 1 is 1.05 bits per heavy atom. The molecule has 0 aromatic rings. The van der Waals surface area contributed by atoms with Crippen molar-refractivity contribution < 1.29 is 58.8 Å². The highest BCUT2D eigenvalue weighted by Crippen LogP contribution is 2.23. The number of aliphatic hydroxyl groups is 4. The predicted octanol–water partition coefficient (Wildman–Crippen LogP) is -2.79. The van der Waals surface area contributed by atoms with Gasteiger partial charge in [-0.25, -0.2) is 4.79 Å². The molecule has 1 heterocycles. The zero-order valence-electron chi connectivity index (χ0n) is 22.0. The van der Waals surface area contributed by atoms with Crippen molar-refractivity contribution >= 4 is 46.3 Å². The number of ether oxygens (including phenoxy) is 1. The van der Waals surface area contributed by atoms with Gasteiger partial charge in [-0.2, -0.15) is 0 Å². The van der Waals surface area contributed by atoms with Crippen molar-refractivity contribution in [2.45, 2.75) is 68.9 Å². The lowest BCUT2D eigenvalue weighted by Crippen LogP contribution is -2.65. The number of rotatable bonds is 17. The molecule has 1 saturated heterocycles. The molecule has 40 heavy (non-hydrogen) atoms. The number of thioether (sulfide) groups is 1. The molecule has 8 atom stereocenters. The number of carbonyl (C=O) groups is 4. The van der Waals surface area contributed by atoms with E-state index in [1.807, 2.05) is 0 Å². The quantitative estimate of drug-likeness (QED) is 0.0807. The molecule has 1 fully saturated rings. The van der Waals surface area contributed by atoms with Crippen molar-refractivity contribution in [3.63, 3.8) is 0 Å². The molecule has 9 N–H and O–H groups in total. The van der Waals surface area contributed by atoms with Crippen molar-refractivity contribution in [3.8, 4) is 0 Å². The SMILES string of the molecule is C/C=C/SCC(NC(=O)CCC(NCC1(O)OCC(O)C(O)C1O)C(=O)O)C(=O)NC(CS(=O)/C=C/C)C(=O)O. The Kier molecular flexibility index (Phi) is 15.5. The highest BCUT2D eigenvalue weighted by molar-refractivity contribution is 8.02. The van der Waals surface area contributed by atoms with Crippen LogP contribution in [-0.4, -0.2) is 125 Å². The Morgan fingerprint density at radius 2 is 1.70 bits per heavy atom. The number of hydrogen-bond donors (Lipinski definition) is 9. The number of carbonyl (C=O) groups excluding carboxylic acids is 2. The highest BCUT2D eigenvalue weighted by atomic mass is 32.2. The average molecular weight is 612 g/mol. The number of carboxylic acid groups (broad SMARTS) is 2. The first-order valence-corrected chi connectivity index (χ1v) is 14.6. The normalized spacial score (nSPS) is 26.2. The lowest BCUT2D eigenvalue weighted by atomic mass is 9.96. The van der Waals surface area contributed by atoms with Crippen LogP contribution in [0.2, 0.25) is 0 Å². The van der Waals surface area contributed by atoms with Crippen LogP contribution in [0.4, 0.5) is 0 Å². The van der Waals surface area contributed by atoms with E-state index in [2.05, 4.69) is 16.0 Å². The maximum Gasteiger partial charge on any atom is 0.327 e. The molecule has 8 unspecified atom stereocenters. The van der Waals surface area contributed by atoms with Crippen LogP contribution in [0.3, 0.4) is 0 Å². The van der Waals surface area contributed by atoms with Crippen LogP contribution < -0.4 is 16.0 Å². The van der Waals surface area contributed by atoms with Gasteiger partial charge in [-0.15, -0.1) is 11.8 Å². The molecule has 228 valence electrons. The van der Waals surface area contributed by atoms with Gasteiger partial charge in [0.15, 0.2) is 0 Å². The van der Waals surface area contributed by atoms with Gasteiger partial charge in [-0.3, -0.25) is 23.9 Å². The van der Waals surface area contributed by atoms with Crippen LogP contribution in [0.15, 0.2) is 23.0 Å². The number of carboxylic acids is 2. The molecule has 0 aliphatic carbocycles. The van der Waals surface area contributed by atoms with E-state index in [1.165, 1.54) is 11.5 Å². The van der Waals surface area contributed by atoms with Gasteiger partial charge in [0.2, 0.25) is 17.6 Å². The summed E-state index contributed by atoms with van der Waals surface area (Å²) in [5.74, 6) is -7.16. The second-order valence-electron chi connectivity index (χ2n) is 8.81. The molecule has 0 bridgehead atoms. The summed E-state index contributed by atoms with van der Waals surface area (Å²) in [4.78, 5) is 48.7. The van der Waals surface area contributed by atoms with Crippen molar-refractivity contribution in [3.05, 3.63) is 23.0 Å². The Hall–Kier alpha value is -2.38. The van der Waals surface area contributed by atoms with Gasteiger partial charge in [-0.05, 0) is 31.1 Å². The molecule has 0 radical (unpaired) electrons. The van der Waals surface area contributed by atoms with Gasteiger partial charge in [0.05, 0.1) is 18.9 Å². The van der Waals surface area contributed by atoms with Crippen LogP contribution in [0, 0.1) is 0 Å². The standard InChI is InChI=1S/C23H37N3O12S2/c1-3-7-39-10-14(20(31)26-15(22(34)35)11-40(37)8-4-2)25-17(28)6-5-13(21(32)33)24-12-23(36)19(30)18(29)16(27)9-38-23/h3-4,7-8,13-16,18-19,24,27,29-30,36H,5-6,9-12H2,1-2H3,(H,25,28)(H,26,31)(H,32,33)(H,34,35)/b7-3+,8-4+. The molecule has 17 heteroatoms. The number of hydrogen-bond acceptors (Lipinski definition) is 12. The number of aliphatic hydroxyl groups excluding tert-OH is 3. The lowest BCUT2D eigenvalue weighted by molar-refractivity contribution is -0.318. The largest absolute Gasteiger partial charge is 0.480 e. The van der Waals surface area contributed by atoms with Crippen LogP contribution in [0.1, 0.15) is 26.7 Å². The van der Waals surface area contributed by atoms with E-state index >= 15 is 0 Å². The Balaban J connectivity index is 2.82. The third-order valence-electron chi connectivity index (χ3n) is 5.62. The van der Waals surface area contributed by atoms with Crippen molar-refractivity contribution in [2.75, 3.05) is 24.7 Å². The van der Waals surface area contributed by atoms with Gasteiger partial charge >= 0.3 is 11.9 Å². The summed E-state index contributed by atoms with van der Waals surface area (Å²) in [5.41, 5.74) is 0. The van der Waals surface area contributed by atoms with Crippen molar-refractivity contribution in [1.29, 1.82) is 0 Å². The first-order valence-electron chi connectivity index (χ1n) is 12.2. The summed E-state index contributed by atoms with van der Waals surface area (Å²) in [6.45, 7) is 2.16. The van der Waals surface area contributed by atoms with Crippen molar-refractivity contribution in [1.82, 2.24) is 16.0 Å². The van der Waals surface area contributed by atoms with Crippen LogP contribution in [0.5, 0.6) is 0 Å². The first kappa shape index (κ1) is 35.6. The summed E-state index contributed by atoms with van der Waals surface area (Å²) in [6, 6.07) is -4.11. The first-order chi connectivity index (χ1) is 18.7. The minimum atomic E-state index is -2.40. The van der Waals surface area contributed by atoms with E-state index in [0.29, 0.717) is 0 Å². The molecule has 1 rings (SSSR count). The van der Waals surface area contributed by atoms with Crippen LogP contribution >= 0.6 is 11.8 Å². The number of nitrogens with one attached hydrogen (secondary N) is 3. The van der Waals surface area contributed by atoms with Gasteiger partial charge in [0.1, 0.15) is 36.4 Å². The molecule has 0 spiro atoms. The van der Waals surface area contributed by atoms with E-state index in [1.54, 1.807) is 25.3 Å². The Labute approximate surface area is 237 Å². The van der Waals surface area contributed by atoms with Gasteiger partial charge in [-0.1, -0.05) is 12.2 Å². The smallest absolute Gasteiger partial charge is 0.327 e. The molecular formula is C23H37N3O12S2. The molecule has 15 nitrogen and oxygen atoms in total. The highest BCUT2D eigenvalue weighted by Gasteiger charge is 2.48. The van der Waals surface area contributed by atoms with Crippen molar-refractivity contribution in [2.24, 2.45) is 0 Å². The maximum atomic E-state index is 12.8. The minimum absolute atomic E-state index is 0.0171. The summed E-state index contributed by atoms with van der Waals surface area (Å²) in [6.07, 6.45) is -2.70. The molecule has 1 aliphatic heterocycles. The predicted molar refractivity (Wildman–Crippen MR) is 144 cm³/mol. The Bertz CT molecular complexity index is 965. The average Bonchev–Trinajstić information content (AvgIpc) is 2.88. The van der Waals surface area contributed by atoms with E-state index in [-0.39, 0.29) is 17.9 Å². The summed E-state index contributed by atoms with van der Waals surface area (Å²) in [7, 11) is -1.66. The molecule has 0 aromatic heterocycles. The van der Waals surface area contributed by atoms with Crippen LogP contribution in [-0.2, 0) is 34.7 Å². The zero-order chi connectivity index (χ0) is 30.5. The van der Waals surface area contributed by atoms with E-state index in [4.69, 9.17) is 4.74 Å². The number of allylic oxidation sites excluding steroid dienone is 2. The third-order valence-corrected chi connectivity index (χ3v) is 7.85. The monoisotopic (exact) mass is 611 g/mol. The van der Waals surface area contributed by atoms with E-state index in [9.17, 15) is 54.0 Å². The van der Waals surface area contributed by atoms with Gasteiger partial charge in [0, 0.05) is 23.0 Å². The topological polar surface area (TPSA) is 252 Å². The summed E-state index contributed by atoms with van der Waals surface area (Å²) in [5, 5.41) is 68.7. The molecule has 2 amide bonds. The molecule has 0 aromatic carbocycles. The molecule has 1 aliphatic rings. The summed E-state index contributed by atoms with van der Waals surface area (Å²) >= 11 is 1.16. The maximum absolute atomic E-state index is 12.8.